The molecule has 0 aliphatic carbocycles. The van der Waals surface area contributed by atoms with Crippen LogP contribution in [0.4, 0.5) is 5.69 Å². The minimum Gasteiger partial charge on any atom is -0.456 e. The number of aliphatic imine (C=N–C) groups is 1. The molecule has 1 heterocycles. The molecule has 2 rings (SSSR count). The summed E-state index contributed by atoms with van der Waals surface area (Å²) in [6.45, 7) is 9.84. The van der Waals surface area contributed by atoms with E-state index >= 15 is 0 Å². The Balaban J connectivity index is 2.55. The lowest BCUT2D eigenvalue weighted by molar-refractivity contribution is -0.149. The number of rotatable bonds is 4. The van der Waals surface area contributed by atoms with Crippen molar-refractivity contribution in [1.29, 1.82) is 0 Å². The third-order valence-corrected chi connectivity index (χ3v) is 4.61. The fourth-order valence-corrected chi connectivity index (χ4v) is 3.51. The molecule has 1 amide bonds. The van der Waals surface area contributed by atoms with Gasteiger partial charge in [0.25, 0.3) is 0 Å². The molecule has 5 nitrogen and oxygen atoms in total. The molecule has 0 radical (unpaired) electrons. The number of hydrogen-bond donors (Lipinski definition) is 0. The van der Waals surface area contributed by atoms with Gasteiger partial charge in [-0.15, -0.1) is 0 Å². The average Bonchev–Trinajstić information content (AvgIpc) is 2.66. The molecule has 0 N–H and O–H groups in total. The fraction of sp³-hybridized carbons (Fsp3) is 0.450. The van der Waals surface area contributed by atoms with Crippen molar-refractivity contribution >= 4 is 34.4 Å². The zero-order valence-corrected chi connectivity index (χ0v) is 16.9. The maximum Gasteiger partial charge on any atom is 0.343 e. The summed E-state index contributed by atoms with van der Waals surface area (Å²) >= 11 is 1.28. The Morgan fingerprint density at radius 1 is 1.27 bits per heavy atom. The van der Waals surface area contributed by atoms with Crippen molar-refractivity contribution in [3.05, 3.63) is 41.6 Å². The highest BCUT2D eigenvalue weighted by molar-refractivity contribution is 8.15. The van der Waals surface area contributed by atoms with E-state index in [1.54, 1.807) is 11.8 Å². The van der Waals surface area contributed by atoms with Gasteiger partial charge in [-0.1, -0.05) is 36.9 Å². The first-order valence-corrected chi connectivity index (χ1v) is 9.73. The Morgan fingerprint density at radius 2 is 1.92 bits per heavy atom. The average molecular weight is 375 g/mol. The van der Waals surface area contributed by atoms with Gasteiger partial charge >= 0.3 is 5.97 Å². The zero-order valence-electron chi connectivity index (χ0n) is 16.0. The van der Waals surface area contributed by atoms with E-state index in [-0.39, 0.29) is 11.7 Å². The highest BCUT2D eigenvalue weighted by Crippen LogP contribution is 2.29. The van der Waals surface area contributed by atoms with E-state index in [4.69, 9.17) is 4.74 Å². The van der Waals surface area contributed by atoms with Crippen LogP contribution in [0.5, 0.6) is 0 Å². The molecular weight excluding hydrogens is 348 g/mol. The van der Waals surface area contributed by atoms with Gasteiger partial charge in [0.1, 0.15) is 16.2 Å². The third kappa shape index (κ3) is 5.21. The SMILES string of the molecule is CCCN1C(=O)CSC(=Nc2ccccc2)C(C(=O)OC(C)(C)C)=C1C. The van der Waals surface area contributed by atoms with E-state index in [0.717, 1.165) is 12.1 Å². The molecule has 1 aromatic rings. The van der Waals surface area contributed by atoms with Crippen LogP contribution in [-0.4, -0.2) is 39.7 Å². The van der Waals surface area contributed by atoms with Crippen molar-refractivity contribution in [3.63, 3.8) is 0 Å². The van der Waals surface area contributed by atoms with Gasteiger partial charge in [0.2, 0.25) is 5.91 Å². The molecule has 1 aromatic carbocycles. The molecule has 0 saturated carbocycles. The smallest absolute Gasteiger partial charge is 0.343 e. The van der Waals surface area contributed by atoms with Crippen molar-refractivity contribution in [2.75, 3.05) is 12.3 Å². The number of carbonyl (C=O) groups excluding carboxylic acids is 2. The number of benzene rings is 1. The second kappa shape index (κ2) is 8.54. The number of amides is 1. The van der Waals surface area contributed by atoms with Crippen LogP contribution in [0.15, 0.2) is 46.6 Å². The molecular formula is C20H26N2O3S. The van der Waals surface area contributed by atoms with Gasteiger partial charge in [0.05, 0.1) is 11.4 Å². The molecule has 26 heavy (non-hydrogen) atoms. The maximum absolute atomic E-state index is 12.9. The van der Waals surface area contributed by atoms with Crippen LogP contribution in [0.1, 0.15) is 41.0 Å². The van der Waals surface area contributed by atoms with Gasteiger partial charge in [0, 0.05) is 12.2 Å². The number of allylic oxidation sites excluding steroid dienone is 1. The van der Waals surface area contributed by atoms with Crippen LogP contribution in [0.3, 0.4) is 0 Å². The van der Waals surface area contributed by atoms with E-state index in [1.165, 1.54) is 11.8 Å². The predicted octanol–water partition coefficient (Wildman–Crippen LogP) is 4.32. The number of nitrogens with zero attached hydrogens (tertiary/aromatic N) is 2. The second-order valence-electron chi connectivity index (χ2n) is 7.05. The molecule has 1 aliphatic heterocycles. The van der Waals surface area contributed by atoms with Crippen LogP contribution in [-0.2, 0) is 14.3 Å². The molecule has 0 spiro atoms. The van der Waals surface area contributed by atoms with E-state index in [9.17, 15) is 9.59 Å². The minimum absolute atomic E-state index is 0.0197. The first kappa shape index (κ1) is 20.2. The molecule has 0 unspecified atom stereocenters. The summed E-state index contributed by atoms with van der Waals surface area (Å²) in [5.74, 6) is -0.225. The van der Waals surface area contributed by atoms with Crippen LogP contribution in [0.2, 0.25) is 0 Å². The molecule has 0 saturated heterocycles. The predicted molar refractivity (Wildman–Crippen MR) is 107 cm³/mol. The van der Waals surface area contributed by atoms with Crippen LogP contribution in [0.25, 0.3) is 0 Å². The Morgan fingerprint density at radius 3 is 2.50 bits per heavy atom. The Hall–Kier alpha value is -2.08. The first-order valence-electron chi connectivity index (χ1n) is 8.74. The molecule has 140 valence electrons. The lowest BCUT2D eigenvalue weighted by Gasteiger charge is -2.24. The summed E-state index contributed by atoms with van der Waals surface area (Å²) in [6.07, 6.45) is 0.806. The number of ether oxygens (including phenoxy) is 1. The number of esters is 1. The van der Waals surface area contributed by atoms with Crippen molar-refractivity contribution in [3.8, 4) is 0 Å². The molecule has 0 bridgehead atoms. The van der Waals surface area contributed by atoms with E-state index in [0.29, 0.717) is 22.9 Å². The van der Waals surface area contributed by atoms with Crippen molar-refractivity contribution < 1.29 is 14.3 Å². The zero-order chi connectivity index (χ0) is 19.3. The lowest BCUT2D eigenvalue weighted by Crippen LogP contribution is -2.33. The largest absolute Gasteiger partial charge is 0.456 e. The Bertz CT molecular complexity index is 733. The molecule has 1 aliphatic rings. The van der Waals surface area contributed by atoms with Gasteiger partial charge in [-0.2, -0.15) is 0 Å². The summed E-state index contributed by atoms with van der Waals surface area (Å²) in [6, 6.07) is 9.42. The van der Waals surface area contributed by atoms with E-state index < -0.39 is 11.6 Å². The van der Waals surface area contributed by atoms with Crippen LogP contribution >= 0.6 is 11.8 Å². The van der Waals surface area contributed by atoms with Gasteiger partial charge in [-0.3, -0.25) is 4.79 Å². The number of carbonyl (C=O) groups is 2. The van der Waals surface area contributed by atoms with Gasteiger partial charge < -0.3 is 9.64 Å². The van der Waals surface area contributed by atoms with Crippen LogP contribution < -0.4 is 0 Å². The van der Waals surface area contributed by atoms with E-state index in [1.807, 2.05) is 58.0 Å². The standard InChI is InChI=1S/C20H26N2O3S/c1-6-12-22-14(2)17(19(24)25-20(3,4)5)18(26-13-16(22)23)21-15-10-8-7-9-11-15/h7-11H,6,12-13H2,1-5H3. The highest BCUT2D eigenvalue weighted by Gasteiger charge is 2.32. The monoisotopic (exact) mass is 374 g/mol. The van der Waals surface area contributed by atoms with Crippen molar-refractivity contribution in [2.24, 2.45) is 4.99 Å². The molecule has 6 heteroatoms. The summed E-state index contributed by atoms with van der Waals surface area (Å²) in [7, 11) is 0. The summed E-state index contributed by atoms with van der Waals surface area (Å²) in [5.41, 5.74) is 1.08. The topological polar surface area (TPSA) is 59.0 Å². The fourth-order valence-electron chi connectivity index (χ4n) is 2.55. The molecule has 0 atom stereocenters. The summed E-state index contributed by atoms with van der Waals surface area (Å²) < 4.78 is 5.60. The van der Waals surface area contributed by atoms with E-state index in [2.05, 4.69) is 4.99 Å². The maximum atomic E-state index is 12.9. The summed E-state index contributed by atoms with van der Waals surface area (Å²) in [5, 5.41) is 0.523. The van der Waals surface area contributed by atoms with Crippen molar-refractivity contribution in [1.82, 2.24) is 4.90 Å². The number of hydrogen-bond acceptors (Lipinski definition) is 5. The third-order valence-electron chi connectivity index (χ3n) is 3.65. The number of thioether (sulfide) groups is 1. The number of para-hydroxylation sites is 1. The molecule has 0 aromatic heterocycles. The minimum atomic E-state index is -0.626. The van der Waals surface area contributed by atoms with Crippen molar-refractivity contribution in [2.45, 2.75) is 46.6 Å². The summed E-state index contributed by atoms with van der Waals surface area (Å²) in [4.78, 5) is 31.8. The van der Waals surface area contributed by atoms with Gasteiger partial charge in [-0.05, 0) is 46.2 Å². The van der Waals surface area contributed by atoms with Gasteiger partial charge in [-0.25, -0.2) is 9.79 Å². The second-order valence-corrected chi connectivity index (χ2v) is 8.01. The highest BCUT2D eigenvalue weighted by atomic mass is 32.2. The quantitative estimate of drug-likeness (QED) is 0.737. The van der Waals surface area contributed by atoms with Gasteiger partial charge in [0.15, 0.2) is 0 Å². The Kier molecular flexibility index (Phi) is 6.64. The normalized spacial score (nSPS) is 17.5. The van der Waals surface area contributed by atoms with Crippen LogP contribution in [0, 0.1) is 0 Å². The first-order chi connectivity index (χ1) is 12.2. The Labute approximate surface area is 159 Å². The molecule has 0 fully saturated rings. The lowest BCUT2D eigenvalue weighted by atomic mass is 10.1.